The van der Waals surface area contributed by atoms with E-state index in [1.807, 2.05) is 29.5 Å². The van der Waals surface area contributed by atoms with Crippen molar-refractivity contribution in [3.63, 3.8) is 0 Å². The highest BCUT2D eigenvalue weighted by Gasteiger charge is 2.40. The lowest BCUT2D eigenvalue weighted by Gasteiger charge is -2.32. The third-order valence-electron chi connectivity index (χ3n) is 5.13. The van der Waals surface area contributed by atoms with E-state index < -0.39 is 0 Å². The number of aromatic hydroxyl groups is 1. The predicted octanol–water partition coefficient (Wildman–Crippen LogP) is 5.01. The lowest BCUT2D eigenvalue weighted by atomic mass is 9.84. The van der Waals surface area contributed by atoms with Crippen molar-refractivity contribution in [3.05, 3.63) is 26.2 Å². The molecule has 26 heavy (non-hydrogen) atoms. The van der Waals surface area contributed by atoms with Crippen molar-refractivity contribution >= 4 is 51.6 Å². The molecule has 1 unspecified atom stereocenters. The topological polar surface area (TPSA) is 66.8 Å². The Morgan fingerprint density at radius 1 is 1.31 bits per heavy atom. The molecule has 0 aromatic heterocycles. The molecule has 5 nitrogen and oxygen atoms in total. The summed E-state index contributed by atoms with van der Waals surface area (Å²) in [7, 11) is 1.48. The molecule has 2 aliphatic rings. The highest BCUT2D eigenvalue weighted by molar-refractivity contribution is 14.1. The van der Waals surface area contributed by atoms with Crippen molar-refractivity contribution in [3.8, 4) is 11.5 Å². The molecule has 1 aliphatic heterocycles. The van der Waals surface area contributed by atoms with Gasteiger partial charge in [0.25, 0.3) is 11.1 Å². The maximum Gasteiger partial charge on any atom is 0.293 e. The van der Waals surface area contributed by atoms with Crippen LogP contribution in [0.25, 0.3) is 6.08 Å². The van der Waals surface area contributed by atoms with E-state index in [1.54, 1.807) is 18.2 Å². The third-order valence-corrected chi connectivity index (χ3v) is 6.84. The summed E-state index contributed by atoms with van der Waals surface area (Å²) >= 11 is 3.00. The quantitative estimate of drug-likeness (QED) is 0.478. The molecule has 2 amide bonds. The molecule has 1 aromatic carbocycles. The van der Waals surface area contributed by atoms with E-state index in [0.717, 1.165) is 30.2 Å². The van der Waals surface area contributed by atoms with E-state index in [1.165, 1.54) is 31.3 Å². The van der Waals surface area contributed by atoms with Gasteiger partial charge in [-0.05, 0) is 83.8 Å². The molecular weight excluding hydrogens is 465 g/mol. The first-order valence-electron chi connectivity index (χ1n) is 8.76. The van der Waals surface area contributed by atoms with Crippen LogP contribution in [0, 0.1) is 9.49 Å². The Morgan fingerprint density at radius 3 is 2.65 bits per heavy atom. The number of nitrogens with zero attached hydrogens (tertiary/aromatic N) is 1. The van der Waals surface area contributed by atoms with Crippen LogP contribution in [0.2, 0.25) is 0 Å². The van der Waals surface area contributed by atoms with Crippen molar-refractivity contribution in [1.82, 2.24) is 4.90 Å². The molecule has 0 bridgehead atoms. The van der Waals surface area contributed by atoms with Crippen molar-refractivity contribution in [1.29, 1.82) is 0 Å². The summed E-state index contributed by atoms with van der Waals surface area (Å²) in [5.74, 6) is 0.591. The lowest BCUT2D eigenvalue weighted by molar-refractivity contribution is -0.125. The van der Waals surface area contributed by atoms with Crippen LogP contribution in [-0.2, 0) is 4.79 Å². The van der Waals surface area contributed by atoms with Crippen LogP contribution < -0.4 is 4.74 Å². The number of carbonyl (C=O) groups excluding carboxylic acids is 2. The van der Waals surface area contributed by atoms with Gasteiger partial charge in [0.2, 0.25) is 0 Å². The van der Waals surface area contributed by atoms with E-state index >= 15 is 0 Å². The maximum absolute atomic E-state index is 12.8. The first-order chi connectivity index (χ1) is 12.4. The van der Waals surface area contributed by atoms with Crippen LogP contribution in [0.1, 0.15) is 44.6 Å². The number of hydrogen-bond acceptors (Lipinski definition) is 5. The van der Waals surface area contributed by atoms with Gasteiger partial charge in [-0.3, -0.25) is 14.5 Å². The first-order valence-corrected chi connectivity index (χ1v) is 10.7. The fraction of sp³-hybridized carbons (Fsp3) is 0.474. The second kappa shape index (κ2) is 8.21. The normalized spacial score (nSPS) is 21.5. The third kappa shape index (κ3) is 3.88. The fourth-order valence-electron chi connectivity index (χ4n) is 3.64. The number of phenols is 1. The number of thioether (sulfide) groups is 1. The van der Waals surface area contributed by atoms with Gasteiger partial charge in [0.05, 0.1) is 15.6 Å². The van der Waals surface area contributed by atoms with Crippen LogP contribution in [0.3, 0.4) is 0 Å². The highest BCUT2D eigenvalue weighted by Crippen LogP contribution is 2.39. The number of carbonyl (C=O) groups is 2. The first kappa shape index (κ1) is 19.5. The molecule has 1 aromatic rings. The molecule has 1 heterocycles. The minimum absolute atomic E-state index is 0.0665. The fourth-order valence-corrected chi connectivity index (χ4v) is 5.18. The molecule has 3 rings (SSSR count). The number of benzene rings is 1. The summed E-state index contributed by atoms with van der Waals surface area (Å²) in [4.78, 5) is 27.2. The number of methoxy groups -OCH3 is 1. The average Bonchev–Trinajstić information content (AvgIpc) is 2.91. The van der Waals surface area contributed by atoms with Crippen molar-refractivity contribution < 1.29 is 19.4 Å². The molecule has 1 aliphatic carbocycles. The summed E-state index contributed by atoms with van der Waals surface area (Å²) in [5.41, 5.74) is 0.722. The van der Waals surface area contributed by atoms with Crippen LogP contribution in [0.15, 0.2) is 17.0 Å². The minimum atomic E-state index is -0.222. The number of phenolic OH excluding ortho intramolecular Hbond substituents is 1. The van der Waals surface area contributed by atoms with E-state index in [4.69, 9.17) is 4.74 Å². The van der Waals surface area contributed by atoms with E-state index in [0.29, 0.717) is 20.1 Å². The van der Waals surface area contributed by atoms with Gasteiger partial charge in [0, 0.05) is 6.04 Å². The second-order valence-corrected chi connectivity index (χ2v) is 8.90. The molecule has 7 heteroatoms. The number of ether oxygens (including phenoxy) is 1. The summed E-state index contributed by atoms with van der Waals surface area (Å²) < 4.78 is 5.79. The standard InChI is InChI=1S/C19H22INO4S/c1-11(13-6-4-3-5-7-13)21-18(23)16(26-19(21)24)10-12-8-14(20)17(22)15(9-12)25-2/h8-11,13,22H,3-7H2,1-2H3. The number of rotatable bonds is 4. The molecule has 0 spiro atoms. The number of amides is 2. The highest BCUT2D eigenvalue weighted by atomic mass is 127. The molecule has 140 valence electrons. The smallest absolute Gasteiger partial charge is 0.293 e. The monoisotopic (exact) mass is 487 g/mol. The Labute approximate surface area is 171 Å². The van der Waals surface area contributed by atoms with Crippen molar-refractivity contribution in [2.45, 2.75) is 45.1 Å². The van der Waals surface area contributed by atoms with Gasteiger partial charge >= 0.3 is 0 Å². The number of halogens is 1. The molecule has 2 fully saturated rings. The Bertz CT molecular complexity index is 758. The van der Waals surface area contributed by atoms with E-state index in [-0.39, 0.29) is 22.9 Å². The molecular formula is C19H22INO4S. The van der Waals surface area contributed by atoms with Gasteiger partial charge in [-0.25, -0.2) is 0 Å². The maximum atomic E-state index is 12.8. The SMILES string of the molecule is COc1cc(C=C2SC(=O)N(C(C)C3CCCCC3)C2=O)cc(I)c1O. The predicted molar refractivity (Wildman–Crippen MR) is 111 cm³/mol. The molecule has 0 radical (unpaired) electrons. The van der Waals surface area contributed by atoms with E-state index in [9.17, 15) is 14.7 Å². The summed E-state index contributed by atoms with van der Waals surface area (Å²) in [6.45, 7) is 1.99. The largest absolute Gasteiger partial charge is 0.504 e. The zero-order chi connectivity index (χ0) is 18.8. The Hall–Kier alpha value is -1.22. The Kier molecular flexibility index (Phi) is 6.17. The average molecular weight is 487 g/mol. The van der Waals surface area contributed by atoms with Crippen molar-refractivity contribution in [2.75, 3.05) is 7.11 Å². The van der Waals surface area contributed by atoms with Crippen LogP contribution >= 0.6 is 34.4 Å². The number of hydrogen-bond donors (Lipinski definition) is 1. The van der Waals surface area contributed by atoms with Crippen molar-refractivity contribution in [2.24, 2.45) is 5.92 Å². The zero-order valence-corrected chi connectivity index (χ0v) is 17.8. The van der Waals surface area contributed by atoms with Crippen LogP contribution in [0.4, 0.5) is 4.79 Å². The van der Waals surface area contributed by atoms with E-state index in [2.05, 4.69) is 0 Å². The minimum Gasteiger partial charge on any atom is -0.504 e. The van der Waals surface area contributed by atoms with Crippen LogP contribution in [0.5, 0.6) is 11.5 Å². The summed E-state index contributed by atoms with van der Waals surface area (Å²) in [5, 5.41) is 9.75. The Balaban J connectivity index is 1.84. The van der Waals surface area contributed by atoms with Crippen LogP contribution in [-0.4, -0.2) is 34.3 Å². The lowest BCUT2D eigenvalue weighted by Crippen LogP contribution is -2.42. The van der Waals surface area contributed by atoms with Gasteiger partial charge in [-0.2, -0.15) is 0 Å². The molecule has 1 atom stereocenters. The number of imide groups is 1. The Morgan fingerprint density at radius 2 is 2.00 bits per heavy atom. The molecule has 1 N–H and O–H groups in total. The van der Waals surface area contributed by atoms with Gasteiger partial charge in [0.1, 0.15) is 0 Å². The van der Waals surface area contributed by atoms with Gasteiger partial charge in [-0.15, -0.1) is 0 Å². The molecule has 1 saturated carbocycles. The van der Waals surface area contributed by atoms with Gasteiger partial charge in [0.15, 0.2) is 11.5 Å². The second-order valence-electron chi connectivity index (χ2n) is 6.74. The summed E-state index contributed by atoms with van der Waals surface area (Å²) in [6.07, 6.45) is 7.44. The van der Waals surface area contributed by atoms with Gasteiger partial charge < -0.3 is 9.84 Å². The molecule has 1 saturated heterocycles. The zero-order valence-electron chi connectivity index (χ0n) is 14.8. The summed E-state index contributed by atoms with van der Waals surface area (Å²) in [6, 6.07) is 3.36. The van der Waals surface area contributed by atoms with Gasteiger partial charge in [-0.1, -0.05) is 19.3 Å².